The predicted octanol–water partition coefficient (Wildman–Crippen LogP) is 2.09. The van der Waals surface area contributed by atoms with E-state index in [-0.39, 0.29) is 30.2 Å². The Kier molecular flexibility index (Phi) is 2.77. The van der Waals surface area contributed by atoms with Crippen LogP contribution in [-0.4, -0.2) is 35.3 Å². The third kappa shape index (κ3) is 2.11. The lowest BCUT2D eigenvalue weighted by molar-refractivity contribution is -0.215. The lowest BCUT2D eigenvalue weighted by atomic mass is 9.83. The van der Waals surface area contributed by atoms with Crippen LogP contribution in [-0.2, 0) is 19.8 Å². The maximum absolute atomic E-state index is 13.4. The van der Waals surface area contributed by atoms with E-state index in [1.54, 1.807) is 12.1 Å². The van der Waals surface area contributed by atoms with E-state index in [0.717, 1.165) is 0 Å². The molecule has 0 spiro atoms. The molecule has 4 nitrogen and oxygen atoms in total. The van der Waals surface area contributed by atoms with Crippen LogP contribution in [0.1, 0.15) is 32.3 Å². The van der Waals surface area contributed by atoms with Crippen molar-refractivity contribution in [1.29, 1.82) is 0 Å². The maximum Gasteiger partial charge on any atom is 0.164 e. The van der Waals surface area contributed by atoms with Gasteiger partial charge in [0.1, 0.15) is 18.0 Å². The summed E-state index contributed by atoms with van der Waals surface area (Å²) >= 11 is 0. The molecule has 4 rings (SSSR count). The molecule has 1 N–H and O–H groups in total. The fraction of sp³-hybridized carbons (Fsp3) is 0.625. The van der Waals surface area contributed by atoms with Crippen LogP contribution < -0.4 is 0 Å². The van der Waals surface area contributed by atoms with E-state index in [4.69, 9.17) is 14.2 Å². The van der Waals surface area contributed by atoms with Gasteiger partial charge in [-0.2, -0.15) is 0 Å². The summed E-state index contributed by atoms with van der Waals surface area (Å²) in [6.07, 6.45) is 0.0361. The molecule has 3 saturated heterocycles. The third-order valence-corrected chi connectivity index (χ3v) is 4.69. The molecule has 21 heavy (non-hydrogen) atoms. The van der Waals surface area contributed by atoms with Gasteiger partial charge >= 0.3 is 0 Å². The summed E-state index contributed by atoms with van der Waals surface area (Å²) in [5.41, 5.74) is -0.489. The second kappa shape index (κ2) is 4.26. The molecule has 3 fully saturated rings. The molecule has 1 unspecified atom stereocenters. The van der Waals surface area contributed by atoms with E-state index in [1.807, 2.05) is 13.8 Å². The van der Waals surface area contributed by atoms with Crippen molar-refractivity contribution < 1.29 is 23.7 Å². The standard InChI is InChI=1S/C16H19FO4/c1-15(2)20-13-11-7-16(18,8-12(19-11)14(13)21-15)9-4-3-5-10(17)6-9/h3-6,11-14,18H,7-8H2,1-2H3/t11-,12+,13-,14+,16?. The molecule has 2 bridgehead atoms. The Labute approximate surface area is 122 Å². The highest BCUT2D eigenvalue weighted by molar-refractivity contribution is 5.26. The number of hydrogen-bond donors (Lipinski definition) is 1. The predicted molar refractivity (Wildman–Crippen MR) is 72.0 cm³/mol. The molecule has 0 radical (unpaired) electrons. The van der Waals surface area contributed by atoms with Gasteiger partial charge in [0.15, 0.2) is 5.79 Å². The molecule has 0 saturated carbocycles. The summed E-state index contributed by atoms with van der Waals surface area (Å²) in [6.45, 7) is 3.78. The van der Waals surface area contributed by atoms with Gasteiger partial charge in [-0.3, -0.25) is 0 Å². The van der Waals surface area contributed by atoms with E-state index in [9.17, 15) is 9.50 Å². The van der Waals surface area contributed by atoms with Gasteiger partial charge in [0, 0.05) is 12.8 Å². The Hall–Kier alpha value is -1.01. The van der Waals surface area contributed by atoms with Gasteiger partial charge < -0.3 is 19.3 Å². The summed E-state index contributed by atoms with van der Waals surface area (Å²) < 4.78 is 31.2. The SMILES string of the molecule is CC1(C)O[C@@H]2[C@H](O1)[C@H]1CC(O)(c3cccc(F)c3)C[C@@H]2O1. The molecular formula is C16H19FO4. The van der Waals surface area contributed by atoms with Crippen LogP contribution in [0.5, 0.6) is 0 Å². The van der Waals surface area contributed by atoms with Crippen LogP contribution in [0.25, 0.3) is 0 Å². The second-order valence-corrected chi connectivity index (χ2v) is 6.73. The van der Waals surface area contributed by atoms with Crippen LogP contribution in [0.3, 0.4) is 0 Å². The first-order valence-electron chi connectivity index (χ1n) is 7.36. The molecule has 0 aromatic heterocycles. The van der Waals surface area contributed by atoms with Crippen LogP contribution in [0.4, 0.5) is 4.39 Å². The largest absolute Gasteiger partial charge is 0.385 e. The zero-order valence-corrected chi connectivity index (χ0v) is 12.1. The van der Waals surface area contributed by atoms with Crippen molar-refractivity contribution >= 4 is 0 Å². The summed E-state index contributed by atoms with van der Waals surface area (Å²) in [4.78, 5) is 0. The summed E-state index contributed by atoms with van der Waals surface area (Å²) in [5.74, 6) is -0.946. The fourth-order valence-electron chi connectivity index (χ4n) is 3.86. The Morgan fingerprint density at radius 2 is 1.76 bits per heavy atom. The van der Waals surface area contributed by atoms with Crippen LogP contribution in [0.15, 0.2) is 24.3 Å². The van der Waals surface area contributed by atoms with Gasteiger partial charge in [0.05, 0.1) is 17.8 Å². The fourth-order valence-corrected chi connectivity index (χ4v) is 3.86. The van der Waals surface area contributed by atoms with Gasteiger partial charge in [0.25, 0.3) is 0 Å². The molecule has 0 aliphatic carbocycles. The van der Waals surface area contributed by atoms with Crippen LogP contribution >= 0.6 is 0 Å². The summed E-state index contributed by atoms with van der Waals surface area (Å²) in [7, 11) is 0. The molecule has 5 atom stereocenters. The van der Waals surface area contributed by atoms with Gasteiger partial charge in [0.2, 0.25) is 0 Å². The van der Waals surface area contributed by atoms with Crippen molar-refractivity contribution in [1.82, 2.24) is 0 Å². The average Bonchev–Trinajstić information content (AvgIpc) is 2.84. The number of ether oxygens (including phenoxy) is 3. The minimum Gasteiger partial charge on any atom is -0.385 e. The molecule has 3 heterocycles. The summed E-state index contributed by atoms with van der Waals surface area (Å²) in [5, 5.41) is 11.0. The number of fused-ring (bicyclic) bond motifs is 5. The van der Waals surface area contributed by atoms with Crippen molar-refractivity contribution in [2.75, 3.05) is 0 Å². The van der Waals surface area contributed by atoms with Crippen LogP contribution in [0, 0.1) is 5.82 Å². The van der Waals surface area contributed by atoms with E-state index in [1.165, 1.54) is 12.1 Å². The van der Waals surface area contributed by atoms with Crippen molar-refractivity contribution in [3.8, 4) is 0 Å². The first-order chi connectivity index (χ1) is 9.86. The smallest absolute Gasteiger partial charge is 0.164 e. The molecule has 3 aliphatic rings. The number of hydrogen-bond acceptors (Lipinski definition) is 4. The molecular weight excluding hydrogens is 275 g/mol. The van der Waals surface area contributed by atoms with Gasteiger partial charge in [-0.15, -0.1) is 0 Å². The minimum absolute atomic E-state index is 0.160. The molecule has 114 valence electrons. The number of rotatable bonds is 1. The third-order valence-electron chi connectivity index (χ3n) is 4.69. The van der Waals surface area contributed by atoms with Crippen molar-refractivity contribution in [2.24, 2.45) is 0 Å². The lowest BCUT2D eigenvalue weighted by Gasteiger charge is -2.38. The lowest BCUT2D eigenvalue weighted by Crippen LogP contribution is -2.42. The molecule has 0 amide bonds. The van der Waals surface area contributed by atoms with Crippen molar-refractivity contribution in [2.45, 2.75) is 62.5 Å². The monoisotopic (exact) mass is 294 g/mol. The van der Waals surface area contributed by atoms with Crippen LogP contribution in [0.2, 0.25) is 0 Å². The highest BCUT2D eigenvalue weighted by Gasteiger charge is 2.61. The normalized spacial score (nSPS) is 43.8. The van der Waals surface area contributed by atoms with Gasteiger partial charge in [-0.1, -0.05) is 12.1 Å². The first kappa shape index (κ1) is 13.6. The highest BCUT2D eigenvalue weighted by atomic mass is 19.1. The Morgan fingerprint density at radius 3 is 2.33 bits per heavy atom. The topological polar surface area (TPSA) is 47.9 Å². The van der Waals surface area contributed by atoms with E-state index in [0.29, 0.717) is 18.4 Å². The molecule has 1 aromatic rings. The van der Waals surface area contributed by atoms with E-state index >= 15 is 0 Å². The Morgan fingerprint density at radius 1 is 1.14 bits per heavy atom. The average molecular weight is 294 g/mol. The van der Waals surface area contributed by atoms with Gasteiger partial charge in [-0.25, -0.2) is 4.39 Å². The molecule has 3 aliphatic heterocycles. The van der Waals surface area contributed by atoms with E-state index in [2.05, 4.69) is 0 Å². The highest BCUT2D eigenvalue weighted by Crippen LogP contribution is 2.50. The zero-order chi connectivity index (χ0) is 14.8. The van der Waals surface area contributed by atoms with Crippen molar-refractivity contribution in [3.05, 3.63) is 35.6 Å². The minimum atomic E-state index is -1.09. The molecule has 1 aromatic carbocycles. The summed E-state index contributed by atoms with van der Waals surface area (Å²) in [6, 6.07) is 6.16. The Bertz CT molecular complexity index is 551. The number of aliphatic hydroxyl groups is 1. The quantitative estimate of drug-likeness (QED) is 0.861. The van der Waals surface area contributed by atoms with Gasteiger partial charge in [-0.05, 0) is 31.5 Å². The second-order valence-electron chi connectivity index (χ2n) is 6.73. The Balaban J connectivity index is 1.63. The number of benzene rings is 1. The number of halogens is 1. The zero-order valence-electron chi connectivity index (χ0n) is 12.1. The molecule has 5 heteroatoms. The van der Waals surface area contributed by atoms with E-state index < -0.39 is 11.4 Å². The first-order valence-corrected chi connectivity index (χ1v) is 7.36. The van der Waals surface area contributed by atoms with Crippen molar-refractivity contribution in [3.63, 3.8) is 0 Å². The maximum atomic E-state index is 13.4.